The van der Waals surface area contributed by atoms with Crippen molar-refractivity contribution in [3.8, 4) is 0 Å². The van der Waals surface area contributed by atoms with Gasteiger partial charge < -0.3 is 0 Å². The van der Waals surface area contributed by atoms with E-state index < -0.39 is 0 Å². The van der Waals surface area contributed by atoms with Gasteiger partial charge in [0.05, 0.1) is 0 Å². The van der Waals surface area contributed by atoms with Gasteiger partial charge in [-0.05, 0) is 79.0 Å². The standard InChI is InChI=1S/C15H23N.C13H19N/c1-11(2)13-5-6-15-10-16(12(3)4)8-7-14(15)9-13;1-3-11-5-6-12-7-8-14(4-2)10-13(12)9-11/h5-6,9,11-12H,7-8,10H2,1-4H3;5-6,9H,3-4,7-8,10H2,1-2H3. The van der Waals surface area contributed by atoms with Crippen molar-refractivity contribution in [1.82, 2.24) is 9.80 Å². The maximum Gasteiger partial charge on any atom is 0.0239 e. The Morgan fingerprint density at radius 1 is 0.767 bits per heavy atom. The van der Waals surface area contributed by atoms with E-state index in [1.807, 2.05) is 0 Å². The Balaban J connectivity index is 0.000000172. The zero-order valence-corrected chi connectivity index (χ0v) is 20.2. The smallest absolute Gasteiger partial charge is 0.0239 e. The fourth-order valence-corrected chi connectivity index (χ4v) is 4.55. The highest BCUT2D eigenvalue weighted by molar-refractivity contribution is 5.35. The van der Waals surface area contributed by atoms with Gasteiger partial charge in [-0.2, -0.15) is 0 Å². The molecular formula is C28H42N2. The van der Waals surface area contributed by atoms with Crippen LogP contribution in [0.5, 0.6) is 0 Å². The average molecular weight is 407 g/mol. The van der Waals surface area contributed by atoms with Crippen LogP contribution in [0.1, 0.15) is 80.8 Å². The molecule has 2 aliphatic heterocycles. The van der Waals surface area contributed by atoms with Crippen molar-refractivity contribution in [3.63, 3.8) is 0 Å². The molecule has 2 nitrogen and oxygen atoms in total. The van der Waals surface area contributed by atoms with Crippen molar-refractivity contribution in [1.29, 1.82) is 0 Å². The Hall–Kier alpha value is -1.64. The van der Waals surface area contributed by atoms with Crippen LogP contribution in [0.25, 0.3) is 0 Å². The summed E-state index contributed by atoms with van der Waals surface area (Å²) in [6.07, 6.45) is 3.60. The molecule has 0 amide bonds. The molecule has 2 heteroatoms. The number of hydrogen-bond donors (Lipinski definition) is 0. The molecule has 2 aliphatic rings. The predicted molar refractivity (Wildman–Crippen MR) is 130 cm³/mol. The summed E-state index contributed by atoms with van der Waals surface area (Å²) in [4.78, 5) is 5.07. The molecule has 0 N–H and O–H groups in total. The first kappa shape index (κ1) is 23.0. The molecule has 2 aromatic carbocycles. The van der Waals surface area contributed by atoms with Gasteiger partial charge in [-0.15, -0.1) is 0 Å². The molecule has 0 saturated heterocycles. The number of hydrogen-bond acceptors (Lipinski definition) is 2. The lowest BCUT2D eigenvalue weighted by Crippen LogP contribution is -2.35. The maximum absolute atomic E-state index is 2.55. The molecule has 2 heterocycles. The number of nitrogens with zero attached hydrogens (tertiary/aromatic N) is 2. The van der Waals surface area contributed by atoms with Gasteiger partial charge in [-0.25, -0.2) is 0 Å². The topological polar surface area (TPSA) is 6.48 Å². The lowest BCUT2D eigenvalue weighted by molar-refractivity contribution is 0.203. The zero-order chi connectivity index (χ0) is 21.7. The minimum atomic E-state index is 0.647. The Bertz CT molecular complexity index is 821. The van der Waals surface area contributed by atoms with Gasteiger partial charge in [0.15, 0.2) is 0 Å². The summed E-state index contributed by atoms with van der Waals surface area (Å²) in [5.74, 6) is 0.647. The van der Waals surface area contributed by atoms with E-state index in [1.165, 1.54) is 49.2 Å². The van der Waals surface area contributed by atoms with Crippen LogP contribution in [0.3, 0.4) is 0 Å². The number of fused-ring (bicyclic) bond motifs is 2. The van der Waals surface area contributed by atoms with Crippen LogP contribution in [0.2, 0.25) is 0 Å². The molecule has 0 spiro atoms. The minimum absolute atomic E-state index is 0.647. The van der Waals surface area contributed by atoms with Crippen molar-refractivity contribution in [2.24, 2.45) is 0 Å². The van der Waals surface area contributed by atoms with E-state index in [0.29, 0.717) is 12.0 Å². The van der Waals surface area contributed by atoms with Crippen LogP contribution in [0.4, 0.5) is 0 Å². The highest BCUT2D eigenvalue weighted by Gasteiger charge is 2.18. The van der Waals surface area contributed by atoms with Crippen LogP contribution in [0.15, 0.2) is 36.4 Å². The molecule has 0 atom stereocenters. The monoisotopic (exact) mass is 406 g/mol. The van der Waals surface area contributed by atoms with Crippen molar-refractivity contribution >= 4 is 0 Å². The second-order valence-electron chi connectivity index (χ2n) is 9.57. The van der Waals surface area contributed by atoms with E-state index in [0.717, 1.165) is 19.5 Å². The molecule has 0 saturated carbocycles. The second kappa shape index (κ2) is 10.6. The average Bonchev–Trinajstić information content (AvgIpc) is 2.77. The number of rotatable bonds is 4. The maximum atomic E-state index is 2.55. The summed E-state index contributed by atoms with van der Waals surface area (Å²) in [6, 6.07) is 14.7. The highest BCUT2D eigenvalue weighted by Crippen LogP contribution is 2.25. The number of aryl methyl sites for hydroxylation is 1. The third-order valence-corrected chi connectivity index (χ3v) is 6.89. The van der Waals surface area contributed by atoms with E-state index in [1.54, 1.807) is 16.7 Å². The van der Waals surface area contributed by atoms with Crippen molar-refractivity contribution in [2.45, 2.75) is 85.9 Å². The van der Waals surface area contributed by atoms with Crippen LogP contribution in [-0.2, 0) is 32.4 Å². The van der Waals surface area contributed by atoms with Gasteiger partial charge in [0.1, 0.15) is 0 Å². The lowest BCUT2D eigenvalue weighted by Gasteiger charge is -2.32. The Morgan fingerprint density at radius 3 is 2.17 bits per heavy atom. The Morgan fingerprint density at radius 2 is 1.50 bits per heavy atom. The third kappa shape index (κ3) is 5.74. The van der Waals surface area contributed by atoms with Crippen LogP contribution >= 0.6 is 0 Å². The van der Waals surface area contributed by atoms with E-state index in [2.05, 4.69) is 87.7 Å². The Labute approximate surface area is 185 Å². The second-order valence-corrected chi connectivity index (χ2v) is 9.57. The summed E-state index contributed by atoms with van der Waals surface area (Å²) < 4.78 is 0. The Kier molecular flexibility index (Phi) is 8.13. The summed E-state index contributed by atoms with van der Waals surface area (Å²) in [6.45, 7) is 19.5. The largest absolute Gasteiger partial charge is 0.299 e. The van der Waals surface area contributed by atoms with E-state index in [4.69, 9.17) is 0 Å². The third-order valence-electron chi connectivity index (χ3n) is 6.89. The fraction of sp³-hybridized carbons (Fsp3) is 0.571. The van der Waals surface area contributed by atoms with E-state index in [9.17, 15) is 0 Å². The zero-order valence-electron chi connectivity index (χ0n) is 20.2. The first-order chi connectivity index (χ1) is 14.4. The van der Waals surface area contributed by atoms with E-state index in [-0.39, 0.29) is 0 Å². The summed E-state index contributed by atoms with van der Waals surface area (Å²) in [5.41, 5.74) is 9.18. The normalized spacial score (nSPS) is 16.8. The molecule has 0 unspecified atom stereocenters. The molecule has 0 fully saturated rings. The quantitative estimate of drug-likeness (QED) is 0.596. The molecule has 4 rings (SSSR count). The number of benzene rings is 2. The summed E-state index contributed by atoms with van der Waals surface area (Å²) in [5, 5.41) is 0. The highest BCUT2D eigenvalue weighted by atomic mass is 15.1. The van der Waals surface area contributed by atoms with Gasteiger partial charge in [0, 0.05) is 32.2 Å². The molecule has 0 radical (unpaired) electrons. The van der Waals surface area contributed by atoms with Crippen molar-refractivity contribution in [3.05, 3.63) is 69.8 Å². The van der Waals surface area contributed by atoms with Gasteiger partial charge in [0.2, 0.25) is 0 Å². The first-order valence-corrected chi connectivity index (χ1v) is 12.1. The molecule has 0 aromatic heterocycles. The molecular weight excluding hydrogens is 364 g/mol. The van der Waals surface area contributed by atoms with Gasteiger partial charge in [-0.1, -0.05) is 64.1 Å². The molecule has 0 aliphatic carbocycles. The molecule has 0 bridgehead atoms. The first-order valence-electron chi connectivity index (χ1n) is 12.1. The molecule has 164 valence electrons. The fourth-order valence-electron chi connectivity index (χ4n) is 4.55. The molecule has 2 aromatic rings. The number of likely N-dealkylation sites (N-methyl/N-ethyl adjacent to an activating group) is 1. The van der Waals surface area contributed by atoms with Gasteiger partial charge in [-0.3, -0.25) is 9.80 Å². The van der Waals surface area contributed by atoms with Crippen LogP contribution in [-0.4, -0.2) is 35.5 Å². The van der Waals surface area contributed by atoms with Gasteiger partial charge >= 0.3 is 0 Å². The van der Waals surface area contributed by atoms with Crippen LogP contribution < -0.4 is 0 Å². The summed E-state index contributed by atoms with van der Waals surface area (Å²) in [7, 11) is 0. The minimum Gasteiger partial charge on any atom is -0.299 e. The van der Waals surface area contributed by atoms with E-state index >= 15 is 0 Å². The van der Waals surface area contributed by atoms with Gasteiger partial charge in [0.25, 0.3) is 0 Å². The van der Waals surface area contributed by atoms with Crippen LogP contribution in [0, 0.1) is 0 Å². The SMILES string of the molecule is CC(C)c1ccc2c(c1)CCN(C(C)C)C2.CCc1ccc2c(c1)CN(CC)CC2. The van der Waals surface area contributed by atoms with Crippen molar-refractivity contribution < 1.29 is 0 Å². The summed E-state index contributed by atoms with van der Waals surface area (Å²) >= 11 is 0. The van der Waals surface area contributed by atoms with Crippen molar-refractivity contribution in [2.75, 3.05) is 19.6 Å². The predicted octanol–water partition coefficient (Wildman–Crippen LogP) is 6.20. The lowest BCUT2D eigenvalue weighted by atomic mass is 9.93. The molecule has 30 heavy (non-hydrogen) atoms.